The molecule has 5 atom stereocenters. The maximum atomic E-state index is 12.1. The lowest BCUT2D eigenvalue weighted by Gasteiger charge is -2.39. The van der Waals surface area contributed by atoms with Crippen molar-refractivity contribution >= 4 is 5.97 Å². The van der Waals surface area contributed by atoms with Crippen LogP contribution in [0.5, 0.6) is 11.5 Å². The van der Waals surface area contributed by atoms with E-state index in [0.29, 0.717) is 5.56 Å². The Bertz CT molecular complexity index is 826. The normalized spacial score (nSPS) is 26.7. The van der Waals surface area contributed by atoms with E-state index in [4.69, 9.17) is 14.2 Å². The first-order valence-electron chi connectivity index (χ1n) is 8.92. The number of aliphatic hydroxyl groups is 4. The Balaban J connectivity index is 1.67. The Morgan fingerprint density at radius 1 is 1.00 bits per heavy atom. The summed E-state index contributed by atoms with van der Waals surface area (Å²) < 4.78 is 16.1. The molecule has 5 N–H and O–H groups in total. The Hall–Kier alpha value is -2.69. The zero-order valence-electron chi connectivity index (χ0n) is 15.3. The van der Waals surface area contributed by atoms with Crippen LogP contribution in [0.3, 0.4) is 0 Å². The van der Waals surface area contributed by atoms with E-state index in [1.165, 1.54) is 18.2 Å². The molecule has 2 aromatic carbocycles. The minimum absolute atomic E-state index is 0.133. The van der Waals surface area contributed by atoms with E-state index >= 15 is 0 Å². The van der Waals surface area contributed by atoms with Crippen molar-refractivity contribution in [2.24, 2.45) is 0 Å². The number of hydrogen-bond donors (Lipinski definition) is 5. The minimum Gasteiger partial charge on any atom is -0.508 e. The predicted octanol–water partition coefficient (Wildman–Crippen LogP) is -0.0721. The van der Waals surface area contributed by atoms with Gasteiger partial charge in [-0.25, -0.2) is 4.79 Å². The molecule has 0 spiro atoms. The highest BCUT2D eigenvalue weighted by atomic mass is 16.7. The summed E-state index contributed by atoms with van der Waals surface area (Å²) >= 11 is 0. The van der Waals surface area contributed by atoms with E-state index in [-0.39, 0.29) is 23.7 Å². The molecule has 1 fully saturated rings. The van der Waals surface area contributed by atoms with Gasteiger partial charge in [0.1, 0.15) is 42.5 Å². The van der Waals surface area contributed by atoms with Crippen LogP contribution in [0.1, 0.15) is 15.9 Å². The summed E-state index contributed by atoms with van der Waals surface area (Å²) in [6.07, 6.45) is -7.24. The van der Waals surface area contributed by atoms with Gasteiger partial charge in [-0.15, -0.1) is 0 Å². The number of phenols is 1. The number of benzene rings is 2. The van der Waals surface area contributed by atoms with E-state index < -0.39 is 43.3 Å². The summed E-state index contributed by atoms with van der Waals surface area (Å²) in [4.78, 5) is 12.1. The topological polar surface area (TPSA) is 146 Å². The third kappa shape index (κ3) is 4.84. The van der Waals surface area contributed by atoms with E-state index in [1.54, 1.807) is 30.3 Å². The highest BCUT2D eigenvalue weighted by Gasteiger charge is 2.45. The maximum Gasteiger partial charge on any atom is 0.338 e. The molecule has 9 nitrogen and oxygen atoms in total. The maximum absolute atomic E-state index is 12.1. The first kappa shape index (κ1) is 21.0. The molecule has 3 rings (SSSR count). The molecular formula is C20H22O9. The van der Waals surface area contributed by atoms with Crippen LogP contribution in [0.15, 0.2) is 48.5 Å². The number of carbonyl (C=O) groups is 1. The summed E-state index contributed by atoms with van der Waals surface area (Å²) in [6, 6.07) is 12.2. The number of carbonyl (C=O) groups excluding carboxylic acids is 1. The van der Waals surface area contributed by atoms with Gasteiger partial charge in [-0.3, -0.25) is 0 Å². The number of ether oxygens (including phenoxy) is 3. The molecule has 1 heterocycles. The minimum atomic E-state index is -1.61. The molecule has 1 aliphatic heterocycles. The average Bonchev–Trinajstić information content (AvgIpc) is 2.74. The van der Waals surface area contributed by atoms with Gasteiger partial charge in [-0.1, -0.05) is 18.2 Å². The summed E-state index contributed by atoms with van der Waals surface area (Å²) in [7, 11) is 0. The highest BCUT2D eigenvalue weighted by Crippen LogP contribution is 2.28. The smallest absolute Gasteiger partial charge is 0.338 e. The van der Waals surface area contributed by atoms with Gasteiger partial charge in [-0.05, 0) is 30.3 Å². The molecule has 0 amide bonds. The lowest BCUT2D eigenvalue weighted by Crippen LogP contribution is -2.60. The second-order valence-corrected chi connectivity index (χ2v) is 6.55. The fraction of sp³-hybridized carbons (Fsp3) is 0.350. The van der Waals surface area contributed by atoms with Crippen LogP contribution >= 0.6 is 0 Å². The summed E-state index contributed by atoms with van der Waals surface area (Å²) in [5.41, 5.74) is 0.508. The quantitative estimate of drug-likeness (QED) is 0.416. The number of aliphatic hydroxyl groups excluding tert-OH is 4. The van der Waals surface area contributed by atoms with Gasteiger partial charge < -0.3 is 39.7 Å². The molecule has 1 aliphatic rings. The Kier molecular flexibility index (Phi) is 6.68. The van der Waals surface area contributed by atoms with Crippen LogP contribution in [-0.4, -0.2) is 68.8 Å². The van der Waals surface area contributed by atoms with E-state index in [0.717, 1.165) is 0 Å². The first-order chi connectivity index (χ1) is 13.9. The van der Waals surface area contributed by atoms with Gasteiger partial charge in [0.15, 0.2) is 0 Å². The van der Waals surface area contributed by atoms with Gasteiger partial charge in [0.05, 0.1) is 12.2 Å². The van der Waals surface area contributed by atoms with Crippen LogP contribution in [-0.2, 0) is 16.1 Å². The third-order valence-electron chi connectivity index (χ3n) is 4.53. The summed E-state index contributed by atoms with van der Waals surface area (Å²) in [6.45, 7) is -0.813. The molecule has 0 saturated carbocycles. The molecular weight excluding hydrogens is 384 g/mol. The lowest BCUT2D eigenvalue weighted by molar-refractivity contribution is -0.277. The number of hydrogen-bond acceptors (Lipinski definition) is 9. The van der Waals surface area contributed by atoms with E-state index in [9.17, 15) is 30.3 Å². The van der Waals surface area contributed by atoms with Crippen molar-refractivity contribution in [3.63, 3.8) is 0 Å². The van der Waals surface area contributed by atoms with Crippen molar-refractivity contribution in [2.75, 3.05) is 6.61 Å². The van der Waals surface area contributed by atoms with Crippen LogP contribution in [0.2, 0.25) is 0 Å². The second kappa shape index (κ2) is 9.21. The van der Waals surface area contributed by atoms with Crippen molar-refractivity contribution in [1.82, 2.24) is 0 Å². The van der Waals surface area contributed by atoms with Crippen LogP contribution in [0, 0.1) is 0 Å². The fourth-order valence-corrected chi connectivity index (χ4v) is 2.86. The first-order valence-corrected chi connectivity index (χ1v) is 8.92. The van der Waals surface area contributed by atoms with Crippen LogP contribution in [0.4, 0.5) is 0 Å². The fourth-order valence-electron chi connectivity index (χ4n) is 2.86. The van der Waals surface area contributed by atoms with Gasteiger partial charge in [0.2, 0.25) is 6.29 Å². The number of aromatic hydroxyl groups is 1. The number of esters is 1. The van der Waals surface area contributed by atoms with Crippen molar-refractivity contribution in [3.05, 3.63) is 59.7 Å². The van der Waals surface area contributed by atoms with Crippen molar-refractivity contribution in [2.45, 2.75) is 37.3 Å². The van der Waals surface area contributed by atoms with Gasteiger partial charge in [0, 0.05) is 5.56 Å². The largest absolute Gasteiger partial charge is 0.508 e. The molecule has 0 bridgehead atoms. The molecule has 5 unspecified atom stereocenters. The zero-order chi connectivity index (χ0) is 21.0. The third-order valence-corrected chi connectivity index (χ3v) is 4.53. The Morgan fingerprint density at radius 3 is 2.41 bits per heavy atom. The van der Waals surface area contributed by atoms with Gasteiger partial charge in [-0.2, -0.15) is 0 Å². The predicted molar refractivity (Wildman–Crippen MR) is 98.1 cm³/mol. The van der Waals surface area contributed by atoms with Crippen LogP contribution < -0.4 is 4.74 Å². The van der Waals surface area contributed by atoms with Crippen molar-refractivity contribution in [3.8, 4) is 11.5 Å². The molecule has 0 aliphatic carbocycles. The van der Waals surface area contributed by atoms with Crippen molar-refractivity contribution < 1.29 is 44.5 Å². The summed E-state index contributed by atoms with van der Waals surface area (Å²) in [5.74, 6) is -0.615. The van der Waals surface area contributed by atoms with Crippen molar-refractivity contribution in [1.29, 1.82) is 0 Å². The van der Waals surface area contributed by atoms with Gasteiger partial charge in [0.25, 0.3) is 0 Å². The zero-order valence-corrected chi connectivity index (χ0v) is 15.3. The molecule has 29 heavy (non-hydrogen) atoms. The number of rotatable bonds is 6. The molecule has 156 valence electrons. The Morgan fingerprint density at radius 2 is 1.72 bits per heavy atom. The SMILES string of the molecule is O=C(OCC1OC(Oc2ccc(O)c(CO)c2)C(O)C(O)C1O)c1ccccc1. The molecule has 0 radical (unpaired) electrons. The second-order valence-electron chi connectivity index (χ2n) is 6.55. The molecule has 1 saturated heterocycles. The van der Waals surface area contributed by atoms with E-state index in [1.807, 2.05) is 0 Å². The Labute approximate surface area is 166 Å². The highest BCUT2D eigenvalue weighted by molar-refractivity contribution is 5.89. The lowest BCUT2D eigenvalue weighted by atomic mass is 9.99. The van der Waals surface area contributed by atoms with E-state index in [2.05, 4.69) is 0 Å². The molecule has 2 aromatic rings. The molecule has 0 aromatic heterocycles. The summed E-state index contributed by atoms with van der Waals surface area (Å²) in [5, 5.41) is 49.2. The standard InChI is InChI=1S/C20H22O9/c21-9-12-8-13(6-7-14(12)22)28-20-18(25)17(24)16(23)15(29-20)10-27-19(26)11-4-2-1-3-5-11/h1-8,15-18,20-25H,9-10H2. The average molecular weight is 406 g/mol. The monoisotopic (exact) mass is 406 g/mol. The molecule has 9 heteroatoms. The van der Waals surface area contributed by atoms with Gasteiger partial charge >= 0.3 is 5.97 Å². The van der Waals surface area contributed by atoms with Crippen LogP contribution in [0.25, 0.3) is 0 Å².